The summed E-state index contributed by atoms with van der Waals surface area (Å²) in [6.07, 6.45) is 3.40. The van der Waals surface area contributed by atoms with Gasteiger partial charge in [-0.1, -0.05) is 19.4 Å². The summed E-state index contributed by atoms with van der Waals surface area (Å²) in [5, 5.41) is 31.1. The highest BCUT2D eigenvalue weighted by Gasteiger charge is 2.63. The fourth-order valence-corrected chi connectivity index (χ4v) is 4.22. The Bertz CT molecular complexity index is 587. The Balaban J connectivity index is 1.51. The Morgan fingerprint density at radius 1 is 1.41 bits per heavy atom. The number of hydrogen-bond donors (Lipinski definition) is 7. The van der Waals surface area contributed by atoms with Gasteiger partial charge in [0, 0.05) is 13.1 Å². The molecule has 0 radical (unpaired) electrons. The van der Waals surface area contributed by atoms with Crippen molar-refractivity contribution in [3.05, 3.63) is 12.4 Å². The number of rotatable bonds is 8. The molecule has 3 rings (SSSR count). The Morgan fingerprint density at radius 2 is 2.19 bits per heavy atom. The molecule has 1 spiro atoms. The van der Waals surface area contributed by atoms with Crippen molar-refractivity contribution in [1.82, 2.24) is 26.2 Å². The summed E-state index contributed by atoms with van der Waals surface area (Å²) in [5.74, 6) is 0.801. The molecule has 3 aliphatic rings. The third-order valence-corrected chi connectivity index (χ3v) is 5.52. The quantitative estimate of drug-likeness (QED) is 0.263. The molecule has 3 heterocycles. The summed E-state index contributed by atoms with van der Waals surface area (Å²) in [4.78, 5) is 13.8. The van der Waals surface area contributed by atoms with Crippen molar-refractivity contribution < 1.29 is 14.6 Å². The fraction of sp³-hybridized carbons (Fsp3) is 0.765. The number of carbonyl (C=O) groups is 1. The third-order valence-electron chi connectivity index (χ3n) is 5.52. The van der Waals surface area contributed by atoms with Crippen LogP contribution in [0.5, 0.6) is 0 Å². The van der Waals surface area contributed by atoms with E-state index in [9.17, 15) is 9.90 Å². The van der Waals surface area contributed by atoms with Gasteiger partial charge in [0.25, 0.3) is 0 Å². The number of hydrogen-bond acceptors (Lipinski definition) is 7. The molecule has 4 atom stereocenters. The van der Waals surface area contributed by atoms with Gasteiger partial charge in [-0.05, 0) is 25.8 Å². The molecule has 0 unspecified atom stereocenters. The van der Waals surface area contributed by atoms with E-state index >= 15 is 0 Å². The molecule has 8 N–H and O–H groups in total. The summed E-state index contributed by atoms with van der Waals surface area (Å²) >= 11 is 0. The number of nitrogens with one attached hydrogen (secondary N) is 5. The van der Waals surface area contributed by atoms with Crippen LogP contribution in [0.15, 0.2) is 12.4 Å². The van der Waals surface area contributed by atoms with Crippen LogP contribution in [-0.2, 0) is 4.74 Å². The average molecular weight is 381 g/mol. The first kappa shape index (κ1) is 19.6. The van der Waals surface area contributed by atoms with Gasteiger partial charge in [0.1, 0.15) is 6.61 Å². The van der Waals surface area contributed by atoms with E-state index in [1.807, 2.05) is 4.90 Å². The summed E-state index contributed by atoms with van der Waals surface area (Å²) in [6.45, 7) is 5.82. The Morgan fingerprint density at radius 3 is 2.96 bits per heavy atom. The summed E-state index contributed by atoms with van der Waals surface area (Å²) < 4.78 is 5.35. The van der Waals surface area contributed by atoms with Crippen LogP contribution < -0.4 is 27.0 Å². The van der Waals surface area contributed by atoms with E-state index in [0.717, 1.165) is 25.7 Å². The Kier molecular flexibility index (Phi) is 5.95. The van der Waals surface area contributed by atoms with E-state index in [4.69, 9.17) is 15.9 Å². The van der Waals surface area contributed by atoms with E-state index < -0.39 is 17.9 Å². The lowest BCUT2D eigenvalue weighted by Gasteiger charge is -2.49. The van der Waals surface area contributed by atoms with Crippen LogP contribution in [0.3, 0.4) is 0 Å². The number of nitrogens with two attached hydrogens (primary N) is 1. The molecule has 0 saturated carbocycles. The smallest absolute Gasteiger partial charge is 0.407 e. The van der Waals surface area contributed by atoms with Gasteiger partial charge >= 0.3 is 6.09 Å². The van der Waals surface area contributed by atoms with Gasteiger partial charge in [-0.25, -0.2) is 4.79 Å². The maximum Gasteiger partial charge on any atom is 0.407 e. The second kappa shape index (κ2) is 8.22. The summed E-state index contributed by atoms with van der Waals surface area (Å²) in [5.41, 5.74) is 4.63. The SMILES string of the molecule is C=C1N[C@H]2[C@H](COC(=O)NCCCCCCN)NC(=N)N3CC[C@H](O)[C@]23N1. The fourth-order valence-electron chi connectivity index (χ4n) is 4.22. The first-order chi connectivity index (χ1) is 13.0. The molecule has 3 saturated heterocycles. The maximum absolute atomic E-state index is 12.0. The highest BCUT2D eigenvalue weighted by Crippen LogP contribution is 2.38. The van der Waals surface area contributed by atoms with E-state index in [2.05, 4.69) is 27.8 Å². The van der Waals surface area contributed by atoms with Crippen molar-refractivity contribution in [1.29, 1.82) is 5.41 Å². The van der Waals surface area contributed by atoms with Crippen LogP contribution in [0.4, 0.5) is 4.79 Å². The Hall–Kier alpha value is -2.20. The van der Waals surface area contributed by atoms with Crippen molar-refractivity contribution in [3.63, 3.8) is 0 Å². The predicted octanol–water partition coefficient (Wildman–Crippen LogP) is -1.07. The topological polar surface area (TPSA) is 148 Å². The van der Waals surface area contributed by atoms with Crippen LogP contribution in [0.25, 0.3) is 0 Å². The number of aliphatic hydroxyl groups is 1. The minimum atomic E-state index is -0.826. The van der Waals surface area contributed by atoms with Crippen molar-refractivity contribution in [2.75, 3.05) is 26.2 Å². The molecule has 10 heteroatoms. The number of carbonyl (C=O) groups excluding carboxylic acids is 1. The monoisotopic (exact) mass is 381 g/mol. The minimum absolute atomic E-state index is 0.0797. The number of amides is 1. The number of unbranched alkanes of at least 4 members (excludes halogenated alkanes) is 3. The molecule has 3 aliphatic heterocycles. The zero-order chi connectivity index (χ0) is 19.4. The van der Waals surface area contributed by atoms with Gasteiger partial charge < -0.3 is 41.7 Å². The molecule has 0 bridgehead atoms. The van der Waals surface area contributed by atoms with Crippen molar-refractivity contribution in [2.24, 2.45) is 5.73 Å². The van der Waals surface area contributed by atoms with E-state index in [1.165, 1.54) is 0 Å². The Labute approximate surface area is 159 Å². The van der Waals surface area contributed by atoms with Gasteiger partial charge in [-0.3, -0.25) is 5.41 Å². The van der Waals surface area contributed by atoms with Gasteiger partial charge in [-0.2, -0.15) is 0 Å². The molecular formula is C17H31N7O3. The number of alkyl carbamates (subject to hydrolysis) is 1. The van der Waals surface area contributed by atoms with Gasteiger partial charge in [0.05, 0.1) is 24.0 Å². The molecule has 152 valence electrons. The molecule has 0 aliphatic carbocycles. The van der Waals surface area contributed by atoms with Crippen LogP contribution in [-0.4, -0.2) is 72.2 Å². The third kappa shape index (κ3) is 3.77. The zero-order valence-corrected chi connectivity index (χ0v) is 15.6. The average Bonchev–Trinajstić information content (AvgIpc) is 3.16. The van der Waals surface area contributed by atoms with Crippen molar-refractivity contribution >= 4 is 12.1 Å². The lowest BCUT2D eigenvalue weighted by molar-refractivity contribution is 0.00274. The largest absolute Gasteiger partial charge is 0.447 e. The summed E-state index contributed by atoms with van der Waals surface area (Å²) in [6, 6.07) is -0.635. The van der Waals surface area contributed by atoms with Crippen molar-refractivity contribution in [2.45, 2.75) is 56.0 Å². The summed E-state index contributed by atoms with van der Waals surface area (Å²) in [7, 11) is 0. The second-order valence-electron chi connectivity index (χ2n) is 7.33. The lowest BCUT2D eigenvalue weighted by Crippen LogP contribution is -2.77. The van der Waals surface area contributed by atoms with Crippen LogP contribution in [0.1, 0.15) is 32.1 Å². The molecule has 27 heavy (non-hydrogen) atoms. The normalized spacial score (nSPS) is 31.5. The molecule has 0 aromatic rings. The molecular weight excluding hydrogens is 350 g/mol. The van der Waals surface area contributed by atoms with Gasteiger partial charge in [0.15, 0.2) is 11.6 Å². The second-order valence-corrected chi connectivity index (χ2v) is 7.33. The first-order valence-electron chi connectivity index (χ1n) is 9.64. The highest BCUT2D eigenvalue weighted by atomic mass is 16.5. The zero-order valence-electron chi connectivity index (χ0n) is 15.6. The maximum atomic E-state index is 12.0. The molecule has 0 aromatic carbocycles. The van der Waals surface area contributed by atoms with Crippen LogP contribution >= 0.6 is 0 Å². The molecule has 0 aromatic heterocycles. The number of nitrogens with zero attached hydrogens (tertiary/aromatic N) is 1. The minimum Gasteiger partial charge on any atom is -0.447 e. The van der Waals surface area contributed by atoms with Gasteiger partial charge in [-0.15, -0.1) is 0 Å². The van der Waals surface area contributed by atoms with E-state index in [1.54, 1.807) is 0 Å². The highest BCUT2D eigenvalue weighted by molar-refractivity contribution is 5.80. The van der Waals surface area contributed by atoms with Gasteiger partial charge in [0.2, 0.25) is 0 Å². The lowest BCUT2D eigenvalue weighted by atomic mass is 9.88. The number of guanidine groups is 1. The predicted molar refractivity (Wildman–Crippen MR) is 101 cm³/mol. The van der Waals surface area contributed by atoms with Crippen LogP contribution in [0.2, 0.25) is 0 Å². The molecule has 10 nitrogen and oxygen atoms in total. The number of ether oxygens (including phenoxy) is 1. The standard InChI is InChI=1S/C17H31N7O3/c1-11-21-14-12(10-27-16(26)20-8-5-3-2-4-7-18)22-15(19)24-9-6-13(25)17(14,24)23-11/h12-14,21,23,25H,1-10,18H2,(H2,19,22)(H,20,26)/t12-,13-,14-,17+/m0/s1. The van der Waals surface area contributed by atoms with Crippen molar-refractivity contribution in [3.8, 4) is 0 Å². The first-order valence-corrected chi connectivity index (χ1v) is 9.64. The van der Waals surface area contributed by atoms with Crippen LogP contribution in [0, 0.1) is 5.41 Å². The number of aliphatic hydroxyl groups excluding tert-OH is 1. The van der Waals surface area contributed by atoms with E-state index in [0.29, 0.717) is 31.9 Å². The molecule has 1 amide bonds. The molecule has 3 fully saturated rings. The van der Waals surface area contributed by atoms with E-state index in [-0.39, 0.29) is 24.7 Å².